The largest absolute Gasteiger partial charge is 0.383 e. The fourth-order valence-corrected chi connectivity index (χ4v) is 1.03. The molecule has 1 aromatic rings. The molecule has 0 fully saturated rings. The second kappa shape index (κ2) is 5.03. The number of nitrogens with two attached hydrogens (primary N) is 1. The number of halogens is 4. The summed E-state index contributed by atoms with van der Waals surface area (Å²) in [6.45, 7) is 0. The topological polar surface area (TPSA) is 72.2 Å². The van der Waals surface area contributed by atoms with Crippen LogP contribution in [0.25, 0.3) is 0 Å². The van der Waals surface area contributed by atoms with E-state index in [9.17, 15) is 27.2 Å². The molecule has 0 spiro atoms. The van der Waals surface area contributed by atoms with Gasteiger partial charge in [-0.2, -0.15) is 8.78 Å². The Morgan fingerprint density at radius 1 is 1.17 bits per heavy atom. The van der Waals surface area contributed by atoms with Gasteiger partial charge in [0, 0.05) is 11.3 Å². The van der Waals surface area contributed by atoms with Gasteiger partial charge in [0.25, 0.3) is 0 Å². The minimum absolute atomic E-state index is 0.0913. The van der Waals surface area contributed by atoms with Gasteiger partial charge in [0.15, 0.2) is 0 Å². The lowest BCUT2D eigenvalue weighted by Crippen LogP contribution is -2.40. The Kier molecular flexibility index (Phi) is 3.89. The number of hydrogen-bond donors (Lipinski definition) is 2. The quantitative estimate of drug-likeness (QED) is 0.811. The van der Waals surface area contributed by atoms with E-state index in [0.717, 1.165) is 12.1 Å². The van der Waals surface area contributed by atoms with Crippen molar-refractivity contribution in [2.45, 2.75) is 12.3 Å². The smallest absolute Gasteiger partial charge is 0.366 e. The molecule has 0 bridgehead atoms. The van der Waals surface area contributed by atoms with Crippen molar-refractivity contribution in [3.8, 4) is 0 Å². The van der Waals surface area contributed by atoms with Gasteiger partial charge < -0.3 is 11.1 Å². The minimum atomic E-state index is -4.78. The average Bonchev–Trinajstić information content (AvgIpc) is 2.29. The molecule has 0 heterocycles. The third kappa shape index (κ3) is 2.96. The van der Waals surface area contributed by atoms with E-state index >= 15 is 0 Å². The molecule has 0 aliphatic carbocycles. The van der Waals surface area contributed by atoms with Gasteiger partial charge in [-0.3, -0.25) is 9.59 Å². The highest BCUT2D eigenvalue weighted by Gasteiger charge is 2.48. The second-order valence-corrected chi connectivity index (χ2v) is 3.32. The van der Waals surface area contributed by atoms with E-state index in [1.807, 2.05) is 0 Å². The molecular formula is C10H8F4N2O2. The van der Waals surface area contributed by atoms with Gasteiger partial charge in [0.2, 0.25) is 5.91 Å². The zero-order valence-electron chi connectivity index (χ0n) is 8.79. The van der Waals surface area contributed by atoms with Gasteiger partial charge in [-0.25, -0.2) is 8.78 Å². The molecule has 1 rings (SSSR count). The number of alkyl halides is 4. The Morgan fingerprint density at radius 2 is 1.67 bits per heavy atom. The van der Waals surface area contributed by atoms with E-state index in [1.54, 1.807) is 5.32 Å². The number of primary amides is 1. The lowest BCUT2D eigenvalue weighted by atomic mass is 10.2. The maximum absolute atomic E-state index is 12.6. The van der Waals surface area contributed by atoms with E-state index in [4.69, 9.17) is 5.73 Å². The maximum Gasteiger partial charge on any atom is 0.383 e. The number of rotatable bonds is 4. The predicted molar refractivity (Wildman–Crippen MR) is 54.5 cm³/mol. The predicted octanol–water partition coefficient (Wildman–Crippen LogP) is 1.62. The van der Waals surface area contributed by atoms with Crippen LogP contribution in [0.3, 0.4) is 0 Å². The maximum atomic E-state index is 12.6. The number of hydrogen-bond acceptors (Lipinski definition) is 2. The molecule has 0 saturated carbocycles. The van der Waals surface area contributed by atoms with E-state index in [2.05, 4.69) is 0 Å². The Morgan fingerprint density at radius 3 is 2.06 bits per heavy atom. The van der Waals surface area contributed by atoms with Crippen molar-refractivity contribution < 1.29 is 27.2 Å². The van der Waals surface area contributed by atoms with Crippen molar-refractivity contribution in [3.05, 3.63) is 29.8 Å². The SMILES string of the molecule is NC(=O)c1ccc(NC(=O)C(F)(F)C(F)F)cc1. The Balaban J connectivity index is 2.80. The summed E-state index contributed by atoms with van der Waals surface area (Å²) in [5.41, 5.74) is 4.87. The molecule has 2 amide bonds. The highest BCUT2D eigenvalue weighted by Crippen LogP contribution is 2.24. The van der Waals surface area contributed by atoms with E-state index in [1.165, 1.54) is 12.1 Å². The average molecular weight is 264 g/mol. The minimum Gasteiger partial charge on any atom is -0.366 e. The molecule has 0 atom stereocenters. The van der Waals surface area contributed by atoms with E-state index in [0.29, 0.717) is 0 Å². The molecule has 0 unspecified atom stereocenters. The van der Waals surface area contributed by atoms with Crippen LogP contribution in [-0.2, 0) is 4.79 Å². The van der Waals surface area contributed by atoms with Gasteiger partial charge in [-0.1, -0.05) is 0 Å². The molecule has 1 aromatic carbocycles. The number of amides is 2. The van der Waals surface area contributed by atoms with Crippen molar-refractivity contribution in [2.24, 2.45) is 5.73 Å². The monoisotopic (exact) mass is 264 g/mol. The molecule has 98 valence electrons. The summed E-state index contributed by atoms with van der Waals surface area (Å²) in [7, 11) is 0. The zero-order valence-corrected chi connectivity index (χ0v) is 8.79. The molecule has 4 nitrogen and oxygen atoms in total. The number of benzene rings is 1. The van der Waals surface area contributed by atoms with Crippen molar-refractivity contribution in [3.63, 3.8) is 0 Å². The summed E-state index contributed by atoms with van der Waals surface area (Å²) in [6.07, 6.45) is -4.10. The van der Waals surface area contributed by atoms with Gasteiger partial charge in [-0.15, -0.1) is 0 Å². The molecule has 8 heteroatoms. The Hall–Kier alpha value is -2.12. The van der Waals surface area contributed by atoms with Crippen molar-refractivity contribution in [1.82, 2.24) is 0 Å². The summed E-state index contributed by atoms with van der Waals surface area (Å²) >= 11 is 0. The summed E-state index contributed by atoms with van der Waals surface area (Å²) in [5.74, 6) is -7.64. The third-order valence-corrected chi connectivity index (χ3v) is 2.00. The number of carbonyl (C=O) groups is 2. The van der Waals surface area contributed by atoms with Gasteiger partial charge in [0.1, 0.15) is 0 Å². The van der Waals surface area contributed by atoms with E-state index in [-0.39, 0.29) is 11.3 Å². The van der Waals surface area contributed by atoms with Crippen LogP contribution < -0.4 is 11.1 Å². The molecule has 0 aliphatic rings. The van der Waals surface area contributed by atoms with Crippen LogP contribution in [0, 0.1) is 0 Å². The van der Waals surface area contributed by atoms with Gasteiger partial charge in [0.05, 0.1) is 0 Å². The van der Waals surface area contributed by atoms with Crippen LogP contribution in [0.1, 0.15) is 10.4 Å². The summed E-state index contributed by atoms with van der Waals surface area (Å²) in [4.78, 5) is 21.6. The summed E-state index contributed by atoms with van der Waals surface area (Å²) < 4.78 is 48.9. The number of anilines is 1. The third-order valence-electron chi connectivity index (χ3n) is 2.00. The van der Waals surface area contributed by atoms with Crippen molar-refractivity contribution in [2.75, 3.05) is 5.32 Å². The second-order valence-electron chi connectivity index (χ2n) is 3.32. The first-order chi connectivity index (χ1) is 8.25. The van der Waals surface area contributed by atoms with Crippen molar-refractivity contribution >= 4 is 17.5 Å². The van der Waals surface area contributed by atoms with Crippen LogP contribution in [-0.4, -0.2) is 24.2 Å². The first kappa shape index (κ1) is 13.9. The lowest BCUT2D eigenvalue weighted by Gasteiger charge is -2.14. The van der Waals surface area contributed by atoms with Crippen LogP contribution in [0.4, 0.5) is 23.2 Å². The van der Waals surface area contributed by atoms with Gasteiger partial charge in [-0.05, 0) is 24.3 Å². The fourth-order valence-electron chi connectivity index (χ4n) is 1.03. The molecule has 18 heavy (non-hydrogen) atoms. The van der Waals surface area contributed by atoms with Crippen LogP contribution in [0.2, 0.25) is 0 Å². The highest BCUT2D eigenvalue weighted by atomic mass is 19.3. The first-order valence-corrected chi connectivity index (χ1v) is 4.62. The standard InChI is InChI=1S/C10H8F4N2O2/c11-8(12)10(13,14)9(18)16-6-3-1-5(2-4-6)7(15)17/h1-4,8H,(H2,15,17)(H,16,18). The van der Waals surface area contributed by atoms with Crippen LogP contribution >= 0.6 is 0 Å². The highest BCUT2D eigenvalue weighted by molar-refractivity contribution is 5.97. The molecular weight excluding hydrogens is 256 g/mol. The Bertz CT molecular complexity index is 459. The van der Waals surface area contributed by atoms with Crippen LogP contribution in [0.15, 0.2) is 24.3 Å². The van der Waals surface area contributed by atoms with Crippen molar-refractivity contribution in [1.29, 1.82) is 0 Å². The lowest BCUT2D eigenvalue weighted by molar-refractivity contribution is -0.163. The van der Waals surface area contributed by atoms with Crippen LogP contribution in [0.5, 0.6) is 0 Å². The van der Waals surface area contributed by atoms with E-state index < -0.39 is 24.2 Å². The first-order valence-electron chi connectivity index (χ1n) is 4.62. The fraction of sp³-hybridized carbons (Fsp3) is 0.200. The number of nitrogens with one attached hydrogen (secondary N) is 1. The molecule has 3 N–H and O–H groups in total. The number of carbonyl (C=O) groups excluding carboxylic acids is 2. The van der Waals surface area contributed by atoms with Gasteiger partial charge >= 0.3 is 18.3 Å². The molecule has 0 radical (unpaired) electrons. The Labute approximate surface area is 98.8 Å². The normalized spacial score (nSPS) is 11.4. The zero-order chi connectivity index (χ0) is 13.9. The molecule has 0 aromatic heterocycles. The summed E-state index contributed by atoms with van der Waals surface area (Å²) in [6, 6.07) is 4.52. The summed E-state index contributed by atoms with van der Waals surface area (Å²) in [5, 5.41) is 1.61. The molecule has 0 saturated heterocycles. The molecule has 0 aliphatic heterocycles.